The zero-order chi connectivity index (χ0) is 14.7. The van der Waals surface area contributed by atoms with Crippen molar-refractivity contribution in [2.75, 3.05) is 0 Å². The lowest BCUT2D eigenvalue weighted by atomic mass is 10.0. The van der Waals surface area contributed by atoms with E-state index in [1.165, 1.54) is 0 Å². The number of H-pyrrole nitrogens is 1. The Morgan fingerprint density at radius 2 is 2.10 bits per heavy atom. The lowest BCUT2D eigenvalue weighted by Crippen LogP contribution is -2.25. The molecule has 0 aliphatic rings. The summed E-state index contributed by atoms with van der Waals surface area (Å²) in [7, 11) is 0. The third-order valence-electron chi connectivity index (χ3n) is 2.74. The van der Waals surface area contributed by atoms with Crippen LogP contribution in [0.2, 0.25) is 0 Å². The summed E-state index contributed by atoms with van der Waals surface area (Å²) >= 11 is 0. The second-order valence-corrected chi connectivity index (χ2v) is 4.53. The maximum Gasteiger partial charge on any atom is 0.262 e. The number of rotatable bonds is 4. The van der Waals surface area contributed by atoms with Crippen LogP contribution in [0.4, 0.5) is 0 Å². The first-order chi connectivity index (χ1) is 9.54. The van der Waals surface area contributed by atoms with Crippen LogP contribution in [0.25, 0.3) is 11.5 Å². The van der Waals surface area contributed by atoms with Crippen LogP contribution in [0.15, 0.2) is 29.2 Å². The molecule has 20 heavy (non-hydrogen) atoms. The molecule has 0 saturated carbocycles. The molecule has 2 aromatic heterocycles. The minimum atomic E-state index is -0.624. The van der Waals surface area contributed by atoms with E-state index in [1.54, 1.807) is 38.2 Å². The van der Waals surface area contributed by atoms with Crippen molar-refractivity contribution in [3.63, 3.8) is 0 Å². The summed E-state index contributed by atoms with van der Waals surface area (Å²) in [6.45, 7) is 3.31. The first kappa shape index (κ1) is 13.8. The average Bonchev–Trinajstić information content (AvgIpc) is 2.46. The number of carbonyl (C=O) groups is 2. The highest BCUT2D eigenvalue weighted by Gasteiger charge is 2.21. The molecule has 6 heteroatoms. The van der Waals surface area contributed by atoms with Gasteiger partial charge in [-0.3, -0.25) is 19.4 Å². The van der Waals surface area contributed by atoms with Crippen LogP contribution in [0.3, 0.4) is 0 Å². The molecule has 0 amide bonds. The number of carbonyl (C=O) groups excluding carboxylic acids is 2. The van der Waals surface area contributed by atoms with Gasteiger partial charge in [0.1, 0.15) is 17.0 Å². The van der Waals surface area contributed by atoms with Crippen molar-refractivity contribution in [2.45, 2.75) is 13.8 Å². The van der Waals surface area contributed by atoms with Gasteiger partial charge in [0.25, 0.3) is 5.56 Å². The Kier molecular flexibility index (Phi) is 3.84. The van der Waals surface area contributed by atoms with E-state index in [4.69, 9.17) is 0 Å². The van der Waals surface area contributed by atoms with E-state index in [1.807, 2.05) is 0 Å². The van der Waals surface area contributed by atoms with Gasteiger partial charge in [0.05, 0.1) is 0 Å². The summed E-state index contributed by atoms with van der Waals surface area (Å²) in [6.07, 6.45) is 1.96. The lowest BCUT2D eigenvalue weighted by Gasteiger charge is -2.07. The zero-order valence-corrected chi connectivity index (χ0v) is 11.1. The first-order valence-corrected chi connectivity index (χ1v) is 6.09. The Morgan fingerprint density at radius 1 is 1.35 bits per heavy atom. The van der Waals surface area contributed by atoms with Gasteiger partial charge in [0.2, 0.25) is 0 Å². The molecule has 0 fully saturated rings. The topological polar surface area (TPSA) is 92.8 Å². The molecule has 0 saturated heterocycles. The number of aldehydes is 1. The SMILES string of the molecule is CC(C)C(=O)c1c(C=O)nc(-c2ccccn2)[nH]c1=O. The van der Waals surface area contributed by atoms with E-state index in [9.17, 15) is 14.4 Å². The summed E-state index contributed by atoms with van der Waals surface area (Å²) < 4.78 is 0. The molecule has 1 N–H and O–H groups in total. The number of hydrogen-bond acceptors (Lipinski definition) is 5. The van der Waals surface area contributed by atoms with E-state index in [0.29, 0.717) is 12.0 Å². The van der Waals surface area contributed by atoms with Crippen LogP contribution in [-0.2, 0) is 0 Å². The summed E-state index contributed by atoms with van der Waals surface area (Å²) in [5, 5.41) is 0. The van der Waals surface area contributed by atoms with Crippen LogP contribution < -0.4 is 5.56 Å². The van der Waals surface area contributed by atoms with Crippen LogP contribution in [0.5, 0.6) is 0 Å². The zero-order valence-electron chi connectivity index (χ0n) is 11.1. The highest BCUT2D eigenvalue weighted by molar-refractivity contribution is 6.02. The van der Waals surface area contributed by atoms with Gasteiger partial charge in [-0.15, -0.1) is 0 Å². The number of ketones is 1. The maximum absolute atomic E-state index is 12.0. The summed E-state index contributed by atoms with van der Waals surface area (Å²) in [6, 6.07) is 5.10. The number of aromatic nitrogens is 3. The van der Waals surface area contributed by atoms with Crippen molar-refractivity contribution in [2.24, 2.45) is 5.92 Å². The van der Waals surface area contributed by atoms with Crippen LogP contribution >= 0.6 is 0 Å². The number of nitrogens with zero attached hydrogens (tertiary/aromatic N) is 2. The molecule has 2 rings (SSSR count). The summed E-state index contributed by atoms with van der Waals surface area (Å²) in [5.74, 6) is -0.635. The third kappa shape index (κ3) is 2.54. The molecule has 0 aromatic carbocycles. The molecular formula is C14H13N3O3. The number of pyridine rings is 1. The van der Waals surface area contributed by atoms with Gasteiger partial charge in [0.15, 0.2) is 17.9 Å². The van der Waals surface area contributed by atoms with Crippen molar-refractivity contribution in [3.8, 4) is 11.5 Å². The van der Waals surface area contributed by atoms with Crippen LogP contribution in [-0.4, -0.2) is 27.0 Å². The standard InChI is InChI=1S/C14H13N3O3/c1-8(2)12(19)11-10(7-18)16-13(17-14(11)20)9-5-3-4-6-15-9/h3-8H,1-2H3,(H,16,17,20). The molecule has 0 bridgehead atoms. The van der Waals surface area contributed by atoms with Crippen LogP contribution in [0.1, 0.15) is 34.7 Å². The normalized spacial score (nSPS) is 10.6. The van der Waals surface area contributed by atoms with Crippen molar-refractivity contribution in [1.29, 1.82) is 0 Å². The predicted octanol–water partition coefficient (Wildman–Crippen LogP) is 1.48. The molecule has 0 spiro atoms. The monoisotopic (exact) mass is 271 g/mol. The van der Waals surface area contributed by atoms with Gasteiger partial charge in [-0.1, -0.05) is 19.9 Å². The molecule has 102 valence electrons. The smallest absolute Gasteiger partial charge is 0.262 e. The Morgan fingerprint density at radius 3 is 2.65 bits per heavy atom. The molecule has 0 radical (unpaired) electrons. The average molecular weight is 271 g/mol. The van der Waals surface area contributed by atoms with Crippen molar-refractivity contribution < 1.29 is 9.59 Å². The minimum absolute atomic E-state index is 0.159. The van der Waals surface area contributed by atoms with E-state index in [2.05, 4.69) is 15.0 Å². The van der Waals surface area contributed by atoms with Gasteiger partial charge < -0.3 is 4.98 Å². The Balaban J connectivity index is 2.63. The highest BCUT2D eigenvalue weighted by atomic mass is 16.1. The number of nitrogens with one attached hydrogen (secondary N) is 1. The molecule has 0 aliphatic heterocycles. The number of aromatic amines is 1. The van der Waals surface area contributed by atoms with Gasteiger partial charge >= 0.3 is 0 Å². The van der Waals surface area contributed by atoms with Crippen molar-refractivity contribution in [1.82, 2.24) is 15.0 Å². The second-order valence-electron chi connectivity index (χ2n) is 4.53. The Bertz CT molecular complexity index is 705. The van der Waals surface area contributed by atoms with Gasteiger partial charge in [-0.25, -0.2) is 4.98 Å². The molecular weight excluding hydrogens is 258 g/mol. The fourth-order valence-corrected chi connectivity index (χ4v) is 1.73. The molecule has 2 heterocycles. The molecule has 0 aliphatic carbocycles. The number of hydrogen-bond donors (Lipinski definition) is 1. The van der Waals surface area contributed by atoms with E-state index in [-0.39, 0.29) is 17.1 Å². The fourth-order valence-electron chi connectivity index (χ4n) is 1.73. The summed E-state index contributed by atoms with van der Waals surface area (Å²) in [5.41, 5.74) is -0.555. The van der Waals surface area contributed by atoms with Crippen molar-refractivity contribution in [3.05, 3.63) is 46.0 Å². The third-order valence-corrected chi connectivity index (χ3v) is 2.74. The van der Waals surface area contributed by atoms with Gasteiger partial charge in [-0.05, 0) is 12.1 Å². The molecule has 2 aromatic rings. The highest BCUT2D eigenvalue weighted by Crippen LogP contribution is 2.12. The molecule has 0 atom stereocenters. The first-order valence-electron chi connectivity index (χ1n) is 6.09. The van der Waals surface area contributed by atoms with E-state index in [0.717, 1.165) is 0 Å². The number of Topliss-reactive ketones (excluding diaryl/α,β-unsaturated/α-hetero) is 1. The van der Waals surface area contributed by atoms with Gasteiger partial charge in [-0.2, -0.15) is 0 Å². The minimum Gasteiger partial charge on any atom is -0.305 e. The quantitative estimate of drug-likeness (QED) is 0.671. The van der Waals surface area contributed by atoms with E-state index >= 15 is 0 Å². The summed E-state index contributed by atoms with van der Waals surface area (Å²) in [4.78, 5) is 45.7. The molecule has 0 unspecified atom stereocenters. The Hall–Kier alpha value is -2.63. The lowest BCUT2D eigenvalue weighted by molar-refractivity contribution is 0.0932. The maximum atomic E-state index is 12.0. The van der Waals surface area contributed by atoms with Crippen molar-refractivity contribution >= 4 is 12.1 Å². The fraction of sp³-hybridized carbons (Fsp3) is 0.214. The molecule has 6 nitrogen and oxygen atoms in total. The van der Waals surface area contributed by atoms with E-state index < -0.39 is 17.3 Å². The largest absolute Gasteiger partial charge is 0.305 e. The Labute approximate surface area is 114 Å². The van der Waals surface area contributed by atoms with Gasteiger partial charge in [0, 0.05) is 12.1 Å². The predicted molar refractivity (Wildman–Crippen MR) is 72.6 cm³/mol. The van der Waals surface area contributed by atoms with Crippen LogP contribution in [0, 0.1) is 5.92 Å². The second kappa shape index (κ2) is 5.56.